The molecule has 3 heterocycles. The number of anilines is 1. The van der Waals surface area contributed by atoms with Crippen molar-refractivity contribution in [1.82, 2.24) is 19.9 Å². The molecule has 2 N–H and O–H groups in total. The Bertz CT molecular complexity index is 621. The molecule has 122 valence electrons. The molecular formula is C18H25N5. The molecule has 0 atom stereocenters. The van der Waals surface area contributed by atoms with E-state index in [4.69, 9.17) is 5.73 Å². The van der Waals surface area contributed by atoms with Gasteiger partial charge in [-0.05, 0) is 44.5 Å². The molecule has 3 rings (SSSR count). The van der Waals surface area contributed by atoms with Crippen molar-refractivity contribution in [1.29, 1.82) is 0 Å². The third kappa shape index (κ3) is 4.05. The molecule has 1 aliphatic heterocycles. The van der Waals surface area contributed by atoms with Crippen LogP contribution < -0.4 is 5.73 Å². The molecule has 23 heavy (non-hydrogen) atoms. The third-order valence-corrected chi connectivity index (χ3v) is 4.51. The highest BCUT2D eigenvalue weighted by Gasteiger charge is 2.22. The molecule has 0 aromatic carbocycles. The van der Waals surface area contributed by atoms with Gasteiger partial charge < -0.3 is 5.73 Å². The zero-order valence-corrected chi connectivity index (χ0v) is 13.8. The van der Waals surface area contributed by atoms with E-state index in [-0.39, 0.29) is 0 Å². The number of hydrogen-bond acceptors (Lipinski definition) is 5. The monoisotopic (exact) mass is 311 g/mol. The van der Waals surface area contributed by atoms with Crippen molar-refractivity contribution < 1.29 is 0 Å². The smallest absolute Gasteiger partial charge is 0.131 e. The van der Waals surface area contributed by atoms with Gasteiger partial charge in [-0.15, -0.1) is 0 Å². The molecule has 5 nitrogen and oxygen atoms in total. The van der Waals surface area contributed by atoms with Gasteiger partial charge in [0.25, 0.3) is 0 Å². The van der Waals surface area contributed by atoms with E-state index in [0.29, 0.717) is 11.7 Å². The summed E-state index contributed by atoms with van der Waals surface area (Å²) in [5.41, 5.74) is 8.36. The lowest BCUT2D eigenvalue weighted by molar-refractivity contribution is 0.203. The quantitative estimate of drug-likeness (QED) is 0.919. The standard InChI is InChI=1S/C18H25N5/c1-2-5-17-21-12-15(18(19)22-17)13-23-10-7-14(8-11-23)16-6-3-4-9-20-16/h3-4,6,9,12,14H,2,5,7-8,10-11,13H2,1H3,(H2,19,21,22). The zero-order valence-electron chi connectivity index (χ0n) is 13.8. The van der Waals surface area contributed by atoms with Gasteiger partial charge in [0.05, 0.1) is 0 Å². The van der Waals surface area contributed by atoms with Crippen molar-refractivity contribution >= 4 is 5.82 Å². The van der Waals surface area contributed by atoms with Crippen LogP contribution in [0, 0.1) is 0 Å². The van der Waals surface area contributed by atoms with Crippen LogP contribution in [0.3, 0.4) is 0 Å². The summed E-state index contributed by atoms with van der Waals surface area (Å²) in [4.78, 5) is 15.8. The number of piperidine rings is 1. The number of aromatic nitrogens is 3. The predicted octanol–water partition coefficient (Wildman–Crippen LogP) is 2.79. The van der Waals surface area contributed by atoms with Gasteiger partial charge in [-0.3, -0.25) is 9.88 Å². The van der Waals surface area contributed by atoms with Gasteiger partial charge in [0, 0.05) is 42.5 Å². The number of nitrogen functional groups attached to an aromatic ring is 1. The maximum absolute atomic E-state index is 6.10. The fourth-order valence-electron chi connectivity index (χ4n) is 3.17. The predicted molar refractivity (Wildman–Crippen MR) is 91.9 cm³/mol. The highest BCUT2D eigenvalue weighted by atomic mass is 15.1. The molecule has 2 aromatic heterocycles. The summed E-state index contributed by atoms with van der Waals surface area (Å²) in [7, 11) is 0. The topological polar surface area (TPSA) is 67.9 Å². The molecule has 5 heteroatoms. The maximum atomic E-state index is 6.10. The van der Waals surface area contributed by atoms with Gasteiger partial charge in [-0.25, -0.2) is 9.97 Å². The number of nitrogens with two attached hydrogens (primary N) is 1. The van der Waals surface area contributed by atoms with Gasteiger partial charge in [-0.2, -0.15) is 0 Å². The molecule has 0 radical (unpaired) electrons. The lowest BCUT2D eigenvalue weighted by Gasteiger charge is -2.31. The van der Waals surface area contributed by atoms with Crippen molar-refractivity contribution in [2.75, 3.05) is 18.8 Å². The Kier molecular flexibility index (Phi) is 5.18. The SMILES string of the molecule is CCCc1ncc(CN2CCC(c3ccccn3)CC2)c(N)n1. The Balaban J connectivity index is 1.56. The van der Waals surface area contributed by atoms with Crippen LogP contribution in [0.15, 0.2) is 30.6 Å². The van der Waals surface area contributed by atoms with Crippen LogP contribution in [-0.2, 0) is 13.0 Å². The van der Waals surface area contributed by atoms with Gasteiger partial charge in [0.2, 0.25) is 0 Å². The van der Waals surface area contributed by atoms with E-state index in [0.717, 1.165) is 56.7 Å². The van der Waals surface area contributed by atoms with Crippen molar-refractivity contribution in [3.63, 3.8) is 0 Å². The fourth-order valence-corrected chi connectivity index (χ4v) is 3.17. The minimum atomic E-state index is 0.577. The number of hydrogen-bond donors (Lipinski definition) is 1. The van der Waals surface area contributed by atoms with Crippen molar-refractivity contribution in [3.05, 3.63) is 47.7 Å². The molecule has 0 aliphatic carbocycles. The minimum Gasteiger partial charge on any atom is -0.383 e. The summed E-state index contributed by atoms with van der Waals surface area (Å²) in [5.74, 6) is 2.06. The molecule has 1 aliphatic rings. The lowest BCUT2D eigenvalue weighted by atomic mass is 9.93. The van der Waals surface area contributed by atoms with Gasteiger partial charge in [0.15, 0.2) is 0 Å². The molecule has 1 saturated heterocycles. The van der Waals surface area contributed by atoms with Gasteiger partial charge >= 0.3 is 0 Å². The number of aryl methyl sites for hydroxylation is 1. The number of rotatable bonds is 5. The Hall–Kier alpha value is -2.01. The van der Waals surface area contributed by atoms with Gasteiger partial charge in [0.1, 0.15) is 11.6 Å². The van der Waals surface area contributed by atoms with Crippen molar-refractivity contribution in [2.45, 2.75) is 45.1 Å². The molecule has 0 spiro atoms. The summed E-state index contributed by atoms with van der Waals surface area (Å²) in [6.45, 7) is 5.10. The first-order valence-corrected chi connectivity index (χ1v) is 8.49. The molecule has 0 saturated carbocycles. The Morgan fingerprint density at radius 2 is 2.04 bits per heavy atom. The third-order valence-electron chi connectivity index (χ3n) is 4.51. The molecule has 1 fully saturated rings. The van der Waals surface area contributed by atoms with Crippen LogP contribution in [0.25, 0.3) is 0 Å². The molecule has 2 aromatic rings. The van der Waals surface area contributed by atoms with Crippen LogP contribution in [0.2, 0.25) is 0 Å². The minimum absolute atomic E-state index is 0.577. The first-order valence-electron chi connectivity index (χ1n) is 8.49. The average Bonchev–Trinajstić information content (AvgIpc) is 2.59. The summed E-state index contributed by atoms with van der Waals surface area (Å²) in [6, 6.07) is 6.19. The summed E-state index contributed by atoms with van der Waals surface area (Å²) >= 11 is 0. The van der Waals surface area contributed by atoms with Crippen LogP contribution in [0.1, 0.15) is 49.2 Å². The molecule has 0 unspecified atom stereocenters. The van der Waals surface area contributed by atoms with E-state index in [1.165, 1.54) is 5.69 Å². The normalized spacial score (nSPS) is 16.6. The molecule has 0 amide bonds. The number of nitrogens with zero attached hydrogens (tertiary/aromatic N) is 4. The largest absolute Gasteiger partial charge is 0.383 e. The first-order chi connectivity index (χ1) is 11.3. The maximum Gasteiger partial charge on any atom is 0.131 e. The first kappa shape index (κ1) is 15.9. The van der Waals surface area contributed by atoms with Crippen molar-refractivity contribution in [2.24, 2.45) is 0 Å². The summed E-state index contributed by atoms with van der Waals surface area (Å²) in [5, 5.41) is 0. The van der Waals surface area contributed by atoms with E-state index >= 15 is 0 Å². The Morgan fingerprint density at radius 1 is 1.22 bits per heavy atom. The van der Waals surface area contributed by atoms with Crippen LogP contribution in [0.5, 0.6) is 0 Å². The van der Waals surface area contributed by atoms with Crippen molar-refractivity contribution in [3.8, 4) is 0 Å². The summed E-state index contributed by atoms with van der Waals surface area (Å²) < 4.78 is 0. The average molecular weight is 311 g/mol. The number of likely N-dealkylation sites (tertiary alicyclic amines) is 1. The Labute approximate surface area is 138 Å². The highest BCUT2D eigenvalue weighted by Crippen LogP contribution is 2.27. The van der Waals surface area contributed by atoms with Crippen LogP contribution >= 0.6 is 0 Å². The highest BCUT2D eigenvalue weighted by molar-refractivity contribution is 5.37. The van der Waals surface area contributed by atoms with Crippen LogP contribution in [-0.4, -0.2) is 32.9 Å². The fraction of sp³-hybridized carbons (Fsp3) is 0.500. The van der Waals surface area contributed by atoms with Gasteiger partial charge in [-0.1, -0.05) is 13.0 Å². The lowest BCUT2D eigenvalue weighted by Crippen LogP contribution is -2.33. The second-order valence-corrected chi connectivity index (χ2v) is 6.25. The Morgan fingerprint density at radius 3 is 2.70 bits per heavy atom. The van der Waals surface area contributed by atoms with E-state index in [1.807, 2.05) is 18.5 Å². The van der Waals surface area contributed by atoms with Crippen LogP contribution in [0.4, 0.5) is 5.82 Å². The summed E-state index contributed by atoms with van der Waals surface area (Å²) in [6.07, 6.45) is 8.01. The molecular weight excluding hydrogens is 286 g/mol. The van der Waals surface area contributed by atoms with E-state index in [1.54, 1.807) is 0 Å². The van der Waals surface area contributed by atoms with E-state index < -0.39 is 0 Å². The van der Waals surface area contributed by atoms with E-state index in [9.17, 15) is 0 Å². The number of pyridine rings is 1. The zero-order chi connectivity index (χ0) is 16.1. The molecule has 0 bridgehead atoms. The second kappa shape index (κ2) is 7.51. The second-order valence-electron chi connectivity index (χ2n) is 6.25. The van der Waals surface area contributed by atoms with E-state index in [2.05, 4.69) is 38.9 Å².